The van der Waals surface area contributed by atoms with Crippen molar-refractivity contribution >= 4 is 23.5 Å². The van der Waals surface area contributed by atoms with Crippen molar-refractivity contribution < 1.29 is 0 Å². The maximum Gasteiger partial charge on any atom is 0.246 e. The van der Waals surface area contributed by atoms with Crippen LogP contribution in [0, 0.1) is 0 Å². The lowest BCUT2D eigenvalue weighted by atomic mass is 10.5. The van der Waals surface area contributed by atoms with E-state index < -0.39 is 0 Å². The van der Waals surface area contributed by atoms with Gasteiger partial charge in [-0.2, -0.15) is 9.67 Å². The summed E-state index contributed by atoms with van der Waals surface area (Å²) < 4.78 is 1.67. The van der Waals surface area contributed by atoms with Crippen molar-refractivity contribution in [3.63, 3.8) is 0 Å². The predicted molar refractivity (Wildman–Crippen MR) is 72.8 cm³/mol. The van der Waals surface area contributed by atoms with Crippen molar-refractivity contribution in [1.82, 2.24) is 19.7 Å². The van der Waals surface area contributed by atoms with E-state index in [9.17, 15) is 0 Å². The van der Waals surface area contributed by atoms with Crippen LogP contribution in [0.2, 0.25) is 5.15 Å². The molecular weight excluding hydrogens is 252 g/mol. The molecule has 6 nitrogen and oxygen atoms in total. The number of hydrogen-bond donors (Lipinski definition) is 0. The lowest BCUT2D eigenvalue weighted by molar-refractivity contribution is 0.817. The molecule has 0 aliphatic rings. The van der Waals surface area contributed by atoms with Gasteiger partial charge in [-0.05, 0) is 12.1 Å². The Morgan fingerprint density at radius 1 is 1.06 bits per heavy atom. The number of aromatic nitrogens is 4. The molecule has 0 aliphatic carbocycles. The predicted octanol–water partition coefficient (Wildman–Crippen LogP) is 1.45. The highest BCUT2D eigenvalue weighted by molar-refractivity contribution is 6.29. The van der Waals surface area contributed by atoms with Crippen LogP contribution < -0.4 is 9.80 Å². The fourth-order valence-electron chi connectivity index (χ4n) is 1.44. The van der Waals surface area contributed by atoms with Crippen molar-refractivity contribution in [2.75, 3.05) is 38.0 Å². The van der Waals surface area contributed by atoms with Crippen LogP contribution in [-0.4, -0.2) is 47.9 Å². The average molecular weight is 267 g/mol. The van der Waals surface area contributed by atoms with Gasteiger partial charge >= 0.3 is 0 Å². The Kier molecular flexibility index (Phi) is 3.38. The third kappa shape index (κ3) is 2.38. The summed E-state index contributed by atoms with van der Waals surface area (Å²) in [5.74, 6) is 1.97. The van der Waals surface area contributed by atoms with Gasteiger partial charge in [0.25, 0.3) is 0 Å². The van der Waals surface area contributed by atoms with Crippen LogP contribution in [0.25, 0.3) is 5.82 Å². The summed E-state index contributed by atoms with van der Waals surface area (Å²) in [6, 6.07) is 5.40. The van der Waals surface area contributed by atoms with E-state index in [-0.39, 0.29) is 0 Å². The van der Waals surface area contributed by atoms with Crippen LogP contribution in [0.1, 0.15) is 0 Å². The highest BCUT2D eigenvalue weighted by Crippen LogP contribution is 2.19. The van der Waals surface area contributed by atoms with Gasteiger partial charge in [0.05, 0.1) is 0 Å². The van der Waals surface area contributed by atoms with E-state index in [0.717, 1.165) is 0 Å². The fraction of sp³-hybridized carbons (Fsp3) is 0.364. The zero-order valence-electron chi connectivity index (χ0n) is 10.8. The molecule has 18 heavy (non-hydrogen) atoms. The van der Waals surface area contributed by atoms with Crippen molar-refractivity contribution in [2.24, 2.45) is 0 Å². The minimum atomic E-state index is 0.430. The van der Waals surface area contributed by atoms with Gasteiger partial charge in [-0.15, -0.1) is 5.10 Å². The molecule has 0 fully saturated rings. The standard InChI is InChI=1S/C11H15ClN6/c1-16(2)10-14-11(17(3)4)18(15-10)9-7-5-6-8(12)13-9/h5-7H,1-4H3. The zero-order valence-corrected chi connectivity index (χ0v) is 11.5. The third-order valence-electron chi connectivity index (χ3n) is 2.30. The van der Waals surface area contributed by atoms with Crippen LogP contribution in [0.15, 0.2) is 18.2 Å². The second-order valence-corrected chi connectivity index (χ2v) is 4.62. The number of rotatable bonds is 3. The Bertz CT molecular complexity index is 548. The molecule has 0 atom stereocenters. The molecule has 96 valence electrons. The molecular formula is C11H15ClN6. The van der Waals surface area contributed by atoms with Gasteiger partial charge < -0.3 is 9.80 Å². The number of nitrogens with zero attached hydrogens (tertiary/aromatic N) is 6. The first kappa shape index (κ1) is 12.6. The summed E-state index contributed by atoms with van der Waals surface area (Å²) in [5.41, 5.74) is 0. The first-order chi connectivity index (χ1) is 8.49. The average Bonchev–Trinajstić information content (AvgIpc) is 2.73. The van der Waals surface area contributed by atoms with Crippen LogP contribution in [0.4, 0.5) is 11.9 Å². The smallest absolute Gasteiger partial charge is 0.246 e. The van der Waals surface area contributed by atoms with Crippen molar-refractivity contribution in [3.8, 4) is 5.82 Å². The maximum absolute atomic E-state index is 5.90. The molecule has 0 N–H and O–H groups in total. The molecule has 0 amide bonds. The van der Waals surface area contributed by atoms with E-state index >= 15 is 0 Å². The molecule has 0 unspecified atom stereocenters. The van der Waals surface area contributed by atoms with Gasteiger partial charge in [0, 0.05) is 28.2 Å². The van der Waals surface area contributed by atoms with Crippen LogP contribution in [0.5, 0.6) is 0 Å². The quantitative estimate of drug-likeness (QED) is 0.787. The van der Waals surface area contributed by atoms with Gasteiger partial charge in [-0.25, -0.2) is 4.98 Å². The molecule has 2 heterocycles. The summed E-state index contributed by atoms with van der Waals surface area (Å²) in [6.07, 6.45) is 0. The van der Waals surface area contributed by atoms with E-state index in [0.29, 0.717) is 22.9 Å². The Morgan fingerprint density at radius 3 is 2.33 bits per heavy atom. The Labute approximate surface area is 111 Å². The second kappa shape index (κ2) is 4.81. The summed E-state index contributed by atoms with van der Waals surface area (Å²) in [5, 5.41) is 4.84. The fourth-order valence-corrected chi connectivity index (χ4v) is 1.60. The molecule has 0 saturated carbocycles. The summed E-state index contributed by atoms with van der Waals surface area (Å²) in [7, 11) is 7.60. The Balaban J connectivity index is 2.55. The zero-order chi connectivity index (χ0) is 13.3. The van der Waals surface area contributed by atoms with Gasteiger partial charge in [0.15, 0.2) is 5.82 Å². The Morgan fingerprint density at radius 2 is 1.78 bits per heavy atom. The summed E-state index contributed by atoms with van der Waals surface area (Å²) in [4.78, 5) is 12.4. The Hall–Kier alpha value is -1.82. The molecule has 0 aliphatic heterocycles. The number of anilines is 2. The summed E-state index contributed by atoms with van der Waals surface area (Å²) in [6.45, 7) is 0. The molecule has 2 aromatic rings. The van der Waals surface area contributed by atoms with Crippen LogP contribution in [0.3, 0.4) is 0 Å². The minimum absolute atomic E-state index is 0.430. The molecule has 2 aromatic heterocycles. The molecule has 0 radical (unpaired) electrons. The van der Waals surface area contributed by atoms with Crippen molar-refractivity contribution in [3.05, 3.63) is 23.4 Å². The third-order valence-corrected chi connectivity index (χ3v) is 2.51. The van der Waals surface area contributed by atoms with E-state index in [1.165, 1.54) is 0 Å². The highest BCUT2D eigenvalue weighted by Gasteiger charge is 2.15. The first-order valence-corrected chi connectivity index (χ1v) is 5.81. The SMILES string of the molecule is CN(C)c1nc(N(C)C)n(-c2cccc(Cl)n2)n1. The van der Waals surface area contributed by atoms with E-state index in [1.807, 2.05) is 50.1 Å². The largest absolute Gasteiger partial charge is 0.347 e. The topological polar surface area (TPSA) is 50.1 Å². The molecule has 0 saturated heterocycles. The van der Waals surface area contributed by atoms with Gasteiger partial charge in [-0.1, -0.05) is 17.7 Å². The van der Waals surface area contributed by atoms with E-state index in [4.69, 9.17) is 11.6 Å². The summed E-state index contributed by atoms with van der Waals surface area (Å²) >= 11 is 5.90. The van der Waals surface area contributed by atoms with E-state index in [1.54, 1.807) is 10.7 Å². The van der Waals surface area contributed by atoms with E-state index in [2.05, 4.69) is 15.1 Å². The number of hydrogen-bond acceptors (Lipinski definition) is 5. The number of halogens is 1. The van der Waals surface area contributed by atoms with Gasteiger partial charge in [-0.3, -0.25) is 0 Å². The molecule has 0 aromatic carbocycles. The molecule has 0 spiro atoms. The normalized spacial score (nSPS) is 10.5. The lowest BCUT2D eigenvalue weighted by Gasteiger charge is -2.11. The lowest BCUT2D eigenvalue weighted by Crippen LogP contribution is -2.15. The molecule has 0 bridgehead atoms. The van der Waals surface area contributed by atoms with Crippen LogP contribution >= 0.6 is 11.6 Å². The molecule has 2 rings (SSSR count). The van der Waals surface area contributed by atoms with Gasteiger partial charge in [0.2, 0.25) is 11.9 Å². The van der Waals surface area contributed by atoms with Gasteiger partial charge in [0.1, 0.15) is 5.15 Å². The minimum Gasteiger partial charge on any atom is -0.347 e. The highest BCUT2D eigenvalue weighted by atomic mass is 35.5. The molecule has 7 heteroatoms. The van der Waals surface area contributed by atoms with Crippen molar-refractivity contribution in [2.45, 2.75) is 0 Å². The number of pyridine rings is 1. The second-order valence-electron chi connectivity index (χ2n) is 4.23. The monoisotopic (exact) mass is 266 g/mol. The van der Waals surface area contributed by atoms with Crippen LogP contribution in [-0.2, 0) is 0 Å². The first-order valence-electron chi connectivity index (χ1n) is 5.43. The maximum atomic E-state index is 5.90. The van der Waals surface area contributed by atoms with Crippen molar-refractivity contribution in [1.29, 1.82) is 0 Å².